The predicted octanol–water partition coefficient (Wildman–Crippen LogP) is -0.843. The SMILES string of the molecule is OBOc1ccc2ccc(B(O)O)cc2c1. The monoisotopic (exact) mass is 216 g/mol. The molecular weight excluding hydrogens is 206 g/mol. The lowest BCUT2D eigenvalue weighted by molar-refractivity contribution is 0.426. The van der Waals surface area contributed by atoms with Gasteiger partial charge in [-0.2, -0.15) is 0 Å². The van der Waals surface area contributed by atoms with E-state index in [1.165, 1.54) is 0 Å². The maximum absolute atomic E-state index is 9.04. The third kappa shape index (κ3) is 2.19. The molecule has 6 heteroatoms. The molecule has 80 valence electrons. The minimum Gasteiger partial charge on any atom is -0.539 e. The van der Waals surface area contributed by atoms with E-state index >= 15 is 0 Å². The van der Waals surface area contributed by atoms with Crippen LogP contribution in [0.5, 0.6) is 5.75 Å². The van der Waals surface area contributed by atoms with Gasteiger partial charge in [0.1, 0.15) is 5.75 Å². The van der Waals surface area contributed by atoms with Crippen LogP contribution in [0.2, 0.25) is 0 Å². The highest BCUT2D eigenvalue weighted by atomic mass is 16.5. The van der Waals surface area contributed by atoms with E-state index < -0.39 is 7.12 Å². The summed E-state index contributed by atoms with van der Waals surface area (Å²) in [6.45, 7) is 0. The molecule has 0 fully saturated rings. The summed E-state index contributed by atoms with van der Waals surface area (Å²) in [5, 5.41) is 28.5. The second kappa shape index (κ2) is 4.57. The molecule has 0 aliphatic heterocycles. The molecular formula is C10H10B2O4. The number of hydrogen-bond acceptors (Lipinski definition) is 4. The summed E-state index contributed by atoms with van der Waals surface area (Å²) >= 11 is 0. The first kappa shape index (κ1) is 11.0. The van der Waals surface area contributed by atoms with E-state index in [0.717, 1.165) is 10.8 Å². The lowest BCUT2D eigenvalue weighted by Gasteiger charge is -2.06. The van der Waals surface area contributed by atoms with Gasteiger partial charge in [0.2, 0.25) is 0 Å². The lowest BCUT2D eigenvalue weighted by Crippen LogP contribution is -2.29. The Balaban J connectivity index is 2.48. The number of hydrogen-bond donors (Lipinski definition) is 3. The van der Waals surface area contributed by atoms with E-state index in [1.807, 2.05) is 6.07 Å². The minimum atomic E-state index is -1.48. The van der Waals surface area contributed by atoms with Gasteiger partial charge in [0.15, 0.2) is 0 Å². The van der Waals surface area contributed by atoms with Crippen LogP contribution in [0.25, 0.3) is 10.8 Å². The molecule has 3 N–H and O–H groups in total. The minimum absolute atomic E-state index is 0.381. The Morgan fingerprint density at radius 3 is 2.44 bits per heavy atom. The van der Waals surface area contributed by atoms with Crippen molar-refractivity contribution in [1.82, 2.24) is 0 Å². The van der Waals surface area contributed by atoms with Crippen LogP contribution in [0.15, 0.2) is 36.4 Å². The smallest absolute Gasteiger partial charge is 0.504 e. The van der Waals surface area contributed by atoms with Crippen molar-refractivity contribution in [2.24, 2.45) is 0 Å². The predicted molar refractivity (Wildman–Crippen MR) is 63.8 cm³/mol. The molecule has 0 saturated heterocycles. The second-order valence-corrected chi connectivity index (χ2v) is 3.42. The fourth-order valence-corrected chi connectivity index (χ4v) is 1.57. The van der Waals surface area contributed by atoms with Crippen molar-refractivity contribution >= 4 is 31.0 Å². The van der Waals surface area contributed by atoms with Crippen LogP contribution < -0.4 is 10.1 Å². The van der Waals surface area contributed by atoms with Crippen molar-refractivity contribution in [3.8, 4) is 5.75 Å². The van der Waals surface area contributed by atoms with Crippen LogP contribution in [0, 0.1) is 0 Å². The zero-order valence-electron chi connectivity index (χ0n) is 8.50. The molecule has 0 aromatic heterocycles. The summed E-state index contributed by atoms with van der Waals surface area (Å²) in [4.78, 5) is 0. The third-order valence-corrected chi connectivity index (χ3v) is 2.37. The van der Waals surface area contributed by atoms with Gasteiger partial charge in [-0.25, -0.2) is 0 Å². The van der Waals surface area contributed by atoms with Gasteiger partial charge in [0.05, 0.1) is 0 Å². The first-order chi connectivity index (χ1) is 7.70. The summed E-state index contributed by atoms with van der Waals surface area (Å²) in [7, 11) is -1.86. The summed E-state index contributed by atoms with van der Waals surface area (Å²) in [6, 6.07) is 10.4. The molecule has 16 heavy (non-hydrogen) atoms. The molecule has 0 heterocycles. The van der Waals surface area contributed by atoms with Crippen molar-refractivity contribution in [2.45, 2.75) is 0 Å². The lowest BCUT2D eigenvalue weighted by atomic mass is 9.79. The van der Waals surface area contributed by atoms with E-state index in [-0.39, 0.29) is 7.69 Å². The van der Waals surface area contributed by atoms with Gasteiger partial charge in [-0.05, 0) is 28.4 Å². The molecule has 4 nitrogen and oxygen atoms in total. The molecule has 0 aliphatic carbocycles. The van der Waals surface area contributed by atoms with Crippen molar-refractivity contribution in [1.29, 1.82) is 0 Å². The number of benzene rings is 2. The normalized spacial score (nSPS) is 10.2. The fraction of sp³-hybridized carbons (Fsp3) is 0. The Hall–Kier alpha value is -1.49. The zero-order valence-corrected chi connectivity index (χ0v) is 8.50. The van der Waals surface area contributed by atoms with Crippen molar-refractivity contribution in [3.05, 3.63) is 36.4 Å². The number of rotatable bonds is 3. The molecule has 0 unspecified atom stereocenters. The molecule has 2 aromatic rings. The molecule has 0 atom stereocenters. The molecule has 0 aliphatic rings. The summed E-state index contributed by atoms with van der Waals surface area (Å²) < 4.78 is 4.94. The first-order valence-electron chi connectivity index (χ1n) is 4.84. The zero-order chi connectivity index (χ0) is 11.5. The van der Waals surface area contributed by atoms with Gasteiger partial charge in [-0.15, -0.1) is 0 Å². The number of fused-ring (bicyclic) bond motifs is 1. The first-order valence-corrected chi connectivity index (χ1v) is 4.84. The van der Waals surface area contributed by atoms with E-state index in [9.17, 15) is 0 Å². The van der Waals surface area contributed by atoms with Crippen LogP contribution in [-0.4, -0.2) is 29.9 Å². The van der Waals surface area contributed by atoms with Crippen molar-refractivity contribution in [3.63, 3.8) is 0 Å². The summed E-state index contributed by atoms with van der Waals surface area (Å²) in [5.74, 6) is 0.541. The van der Waals surface area contributed by atoms with Gasteiger partial charge in [0.25, 0.3) is 0 Å². The molecule has 0 bridgehead atoms. The van der Waals surface area contributed by atoms with E-state index in [0.29, 0.717) is 11.2 Å². The summed E-state index contributed by atoms with van der Waals surface area (Å²) in [6.07, 6.45) is 0. The Labute approximate surface area is 93.6 Å². The Kier molecular flexibility index (Phi) is 3.14. The van der Waals surface area contributed by atoms with Crippen molar-refractivity contribution in [2.75, 3.05) is 0 Å². The quantitative estimate of drug-likeness (QED) is 0.584. The van der Waals surface area contributed by atoms with Crippen LogP contribution in [-0.2, 0) is 0 Å². The molecule has 2 rings (SSSR count). The van der Waals surface area contributed by atoms with E-state index in [2.05, 4.69) is 0 Å². The van der Waals surface area contributed by atoms with Gasteiger partial charge in [-0.3, -0.25) is 0 Å². The highest BCUT2D eigenvalue weighted by Gasteiger charge is 2.10. The fourth-order valence-electron chi connectivity index (χ4n) is 1.57. The van der Waals surface area contributed by atoms with E-state index in [1.54, 1.807) is 30.3 Å². The maximum atomic E-state index is 9.04. The van der Waals surface area contributed by atoms with Crippen LogP contribution >= 0.6 is 0 Å². The van der Waals surface area contributed by atoms with Gasteiger partial charge in [-0.1, -0.05) is 24.3 Å². The highest BCUT2D eigenvalue weighted by Crippen LogP contribution is 2.19. The van der Waals surface area contributed by atoms with Crippen molar-refractivity contribution < 1.29 is 19.7 Å². The van der Waals surface area contributed by atoms with Crippen LogP contribution in [0.4, 0.5) is 0 Å². The molecule has 0 saturated carbocycles. The van der Waals surface area contributed by atoms with Gasteiger partial charge < -0.3 is 19.7 Å². The highest BCUT2D eigenvalue weighted by molar-refractivity contribution is 6.58. The molecule has 2 aromatic carbocycles. The standard InChI is InChI=1S/C10H10B2O4/c13-11-16-10-4-2-7-1-3-9(12(14)15)5-8(7)6-10/h1-6,11,13-15H. The topological polar surface area (TPSA) is 69.9 Å². The van der Waals surface area contributed by atoms with Crippen LogP contribution in [0.3, 0.4) is 0 Å². The summed E-state index contributed by atoms with van der Waals surface area (Å²) in [5.41, 5.74) is 0.425. The largest absolute Gasteiger partial charge is 0.539 e. The van der Waals surface area contributed by atoms with Gasteiger partial charge in [0, 0.05) is 0 Å². The molecule has 0 radical (unpaired) electrons. The van der Waals surface area contributed by atoms with Crippen LogP contribution in [0.1, 0.15) is 0 Å². The molecule has 0 amide bonds. The Morgan fingerprint density at radius 2 is 1.75 bits per heavy atom. The van der Waals surface area contributed by atoms with E-state index in [4.69, 9.17) is 19.7 Å². The second-order valence-electron chi connectivity index (χ2n) is 3.42. The maximum Gasteiger partial charge on any atom is 0.504 e. The third-order valence-electron chi connectivity index (χ3n) is 2.37. The Morgan fingerprint density at radius 1 is 1.00 bits per heavy atom. The average Bonchev–Trinajstić information content (AvgIpc) is 2.28. The average molecular weight is 216 g/mol. The Bertz CT molecular complexity index is 501. The van der Waals surface area contributed by atoms with Gasteiger partial charge >= 0.3 is 14.8 Å². The molecule has 0 spiro atoms.